The van der Waals surface area contributed by atoms with Crippen LogP contribution in [-0.4, -0.2) is 18.3 Å². The molecule has 16 heavy (non-hydrogen) atoms. The van der Waals surface area contributed by atoms with Gasteiger partial charge < -0.3 is 14.8 Å². The van der Waals surface area contributed by atoms with E-state index in [9.17, 15) is 5.11 Å². The van der Waals surface area contributed by atoms with Crippen molar-refractivity contribution >= 4 is 0 Å². The molecule has 0 amide bonds. The highest BCUT2D eigenvalue weighted by molar-refractivity contribution is 5.04. The lowest BCUT2D eigenvalue weighted by Crippen LogP contribution is -2.32. The minimum absolute atomic E-state index is 0.345. The van der Waals surface area contributed by atoms with Gasteiger partial charge >= 0.3 is 0 Å². The topological polar surface area (TPSA) is 45.4 Å². The van der Waals surface area contributed by atoms with Crippen LogP contribution in [0.15, 0.2) is 23.0 Å². The zero-order valence-electron chi connectivity index (χ0n) is 9.69. The van der Waals surface area contributed by atoms with Crippen molar-refractivity contribution in [1.82, 2.24) is 5.32 Å². The Kier molecular flexibility index (Phi) is 4.43. The van der Waals surface area contributed by atoms with Crippen molar-refractivity contribution in [1.29, 1.82) is 0 Å². The molecule has 1 aliphatic rings. The molecule has 1 aromatic heterocycles. The van der Waals surface area contributed by atoms with E-state index in [1.165, 1.54) is 31.2 Å². The molecular formula is C13H21NO2. The first kappa shape index (κ1) is 11.7. The third kappa shape index (κ3) is 3.09. The van der Waals surface area contributed by atoms with E-state index in [4.69, 9.17) is 4.42 Å². The van der Waals surface area contributed by atoms with Crippen molar-refractivity contribution in [3.8, 4) is 0 Å². The van der Waals surface area contributed by atoms with Crippen molar-refractivity contribution in [2.75, 3.05) is 13.2 Å². The molecule has 0 bridgehead atoms. The summed E-state index contributed by atoms with van der Waals surface area (Å²) in [6.45, 7) is 2.22. The Morgan fingerprint density at radius 3 is 2.81 bits per heavy atom. The van der Waals surface area contributed by atoms with Crippen LogP contribution in [0.3, 0.4) is 0 Å². The van der Waals surface area contributed by atoms with Gasteiger partial charge in [-0.1, -0.05) is 12.8 Å². The molecule has 2 N–H and O–H groups in total. The molecule has 0 spiro atoms. The summed E-state index contributed by atoms with van der Waals surface area (Å²) in [6.07, 6.45) is 8.52. The smallest absolute Gasteiger partial charge is 0.0947 e. The number of furan rings is 1. The molecule has 2 unspecified atom stereocenters. The number of nitrogens with one attached hydrogen (secondary N) is 1. The van der Waals surface area contributed by atoms with Crippen LogP contribution in [-0.2, 0) is 6.54 Å². The Bertz CT molecular complexity index is 284. The zero-order valence-corrected chi connectivity index (χ0v) is 9.69. The van der Waals surface area contributed by atoms with Crippen molar-refractivity contribution in [3.63, 3.8) is 0 Å². The lowest BCUT2D eigenvalue weighted by Gasteiger charge is -2.30. The molecule has 0 radical (unpaired) electrons. The monoisotopic (exact) mass is 223 g/mol. The summed E-state index contributed by atoms with van der Waals surface area (Å²) in [5.74, 6) is 1.15. The standard InChI is InChI=1S/C13H21NO2/c15-9-13-4-2-1-3-12(13)8-14-7-11-5-6-16-10-11/h5-6,10,12-15H,1-4,7-9H2. The lowest BCUT2D eigenvalue weighted by molar-refractivity contribution is 0.133. The predicted molar refractivity (Wildman–Crippen MR) is 62.9 cm³/mol. The molecule has 0 saturated heterocycles. The van der Waals surface area contributed by atoms with E-state index >= 15 is 0 Å². The van der Waals surface area contributed by atoms with Crippen LogP contribution in [0.4, 0.5) is 0 Å². The maximum absolute atomic E-state index is 9.30. The molecule has 0 aromatic carbocycles. The average Bonchev–Trinajstić information content (AvgIpc) is 2.83. The molecule has 1 heterocycles. The fraction of sp³-hybridized carbons (Fsp3) is 0.692. The minimum atomic E-state index is 0.345. The number of hydrogen-bond acceptors (Lipinski definition) is 3. The Morgan fingerprint density at radius 1 is 1.31 bits per heavy atom. The maximum Gasteiger partial charge on any atom is 0.0947 e. The normalized spacial score (nSPS) is 25.8. The van der Waals surface area contributed by atoms with Gasteiger partial charge in [0.2, 0.25) is 0 Å². The zero-order chi connectivity index (χ0) is 11.2. The van der Waals surface area contributed by atoms with Crippen molar-refractivity contribution < 1.29 is 9.52 Å². The molecule has 3 heteroatoms. The van der Waals surface area contributed by atoms with E-state index < -0.39 is 0 Å². The molecular weight excluding hydrogens is 202 g/mol. The second-order valence-electron chi connectivity index (χ2n) is 4.75. The Balaban J connectivity index is 1.71. The molecule has 1 fully saturated rings. The number of aliphatic hydroxyl groups is 1. The third-order valence-electron chi connectivity index (χ3n) is 3.62. The Morgan fingerprint density at radius 2 is 2.12 bits per heavy atom. The van der Waals surface area contributed by atoms with Crippen molar-refractivity contribution in [2.24, 2.45) is 11.8 Å². The summed E-state index contributed by atoms with van der Waals surface area (Å²) in [5.41, 5.74) is 1.19. The van der Waals surface area contributed by atoms with Gasteiger partial charge in [-0.2, -0.15) is 0 Å². The molecule has 2 rings (SSSR count). The second kappa shape index (κ2) is 6.06. The van der Waals surface area contributed by atoms with Gasteiger partial charge in [-0.15, -0.1) is 0 Å². The van der Waals surface area contributed by atoms with Crippen LogP contribution in [0, 0.1) is 11.8 Å². The molecule has 1 aromatic rings. The van der Waals surface area contributed by atoms with Gasteiger partial charge in [0.25, 0.3) is 0 Å². The van der Waals surface area contributed by atoms with Gasteiger partial charge in [0.15, 0.2) is 0 Å². The minimum Gasteiger partial charge on any atom is -0.472 e. The largest absolute Gasteiger partial charge is 0.472 e. The number of rotatable bonds is 5. The summed E-state index contributed by atoms with van der Waals surface area (Å²) in [4.78, 5) is 0. The summed E-state index contributed by atoms with van der Waals surface area (Å²) in [6, 6.07) is 1.98. The van der Waals surface area contributed by atoms with Gasteiger partial charge in [0.1, 0.15) is 0 Å². The second-order valence-corrected chi connectivity index (χ2v) is 4.75. The number of hydrogen-bond donors (Lipinski definition) is 2. The molecule has 1 saturated carbocycles. The summed E-state index contributed by atoms with van der Waals surface area (Å²) >= 11 is 0. The van der Waals surface area contributed by atoms with Crippen LogP contribution >= 0.6 is 0 Å². The van der Waals surface area contributed by atoms with E-state index in [2.05, 4.69) is 5.32 Å². The van der Waals surface area contributed by atoms with Crippen LogP contribution in [0.1, 0.15) is 31.2 Å². The first-order chi connectivity index (χ1) is 7.90. The molecule has 0 aliphatic heterocycles. The van der Waals surface area contributed by atoms with Crippen molar-refractivity contribution in [3.05, 3.63) is 24.2 Å². The van der Waals surface area contributed by atoms with E-state index in [0.29, 0.717) is 18.4 Å². The van der Waals surface area contributed by atoms with E-state index in [1.54, 1.807) is 12.5 Å². The van der Waals surface area contributed by atoms with Crippen molar-refractivity contribution in [2.45, 2.75) is 32.2 Å². The van der Waals surface area contributed by atoms with Gasteiger partial charge in [-0.3, -0.25) is 0 Å². The first-order valence-electron chi connectivity index (χ1n) is 6.23. The van der Waals surface area contributed by atoms with Crippen LogP contribution in [0.2, 0.25) is 0 Å². The number of aliphatic hydroxyl groups excluding tert-OH is 1. The molecule has 1 aliphatic carbocycles. The predicted octanol–water partition coefficient (Wildman–Crippen LogP) is 2.17. The fourth-order valence-corrected chi connectivity index (χ4v) is 2.59. The summed E-state index contributed by atoms with van der Waals surface area (Å²) < 4.78 is 5.02. The SMILES string of the molecule is OCC1CCCCC1CNCc1ccoc1. The maximum atomic E-state index is 9.30. The highest BCUT2D eigenvalue weighted by Gasteiger charge is 2.23. The highest BCUT2D eigenvalue weighted by Crippen LogP contribution is 2.29. The third-order valence-corrected chi connectivity index (χ3v) is 3.62. The average molecular weight is 223 g/mol. The summed E-state index contributed by atoms with van der Waals surface area (Å²) in [7, 11) is 0. The van der Waals surface area contributed by atoms with Gasteiger partial charge in [-0.05, 0) is 37.3 Å². The first-order valence-corrected chi connectivity index (χ1v) is 6.23. The van der Waals surface area contributed by atoms with Gasteiger partial charge in [0, 0.05) is 18.7 Å². The Labute approximate surface area is 96.8 Å². The Hall–Kier alpha value is -0.800. The summed E-state index contributed by atoms with van der Waals surface area (Å²) in [5, 5.41) is 12.8. The lowest BCUT2D eigenvalue weighted by atomic mass is 9.79. The quantitative estimate of drug-likeness (QED) is 0.804. The molecule has 3 nitrogen and oxygen atoms in total. The highest BCUT2D eigenvalue weighted by atomic mass is 16.3. The fourth-order valence-electron chi connectivity index (χ4n) is 2.59. The van der Waals surface area contributed by atoms with Crippen LogP contribution in [0.5, 0.6) is 0 Å². The molecule has 2 atom stereocenters. The van der Waals surface area contributed by atoms with E-state index in [0.717, 1.165) is 13.1 Å². The molecule has 90 valence electrons. The van der Waals surface area contributed by atoms with Crippen LogP contribution < -0.4 is 5.32 Å². The van der Waals surface area contributed by atoms with E-state index in [1.807, 2.05) is 6.07 Å². The van der Waals surface area contributed by atoms with Gasteiger partial charge in [0.05, 0.1) is 12.5 Å². The van der Waals surface area contributed by atoms with Gasteiger partial charge in [-0.25, -0.2) is 0 Å². The van der Waals surface area contributed by atoms with Crippen LogP contribution in [0.25, 0.3) is 0 Å². The van der Waals surface area contributed by atoms with E-state index in [-0.39, 0.29) is 0 Å².